The predicted octanol–water partition coefficient (Wildman–Crippen LogP) is 3.95. The number of ether oxygens (including phenoxy) is 1. The van der Waals surface area contributed by atoms with Crippen LogP contribution in [0.15, 0.2) is 47.5 Å². The van der Waals surface area contributed by atoms with Crippen LogP contribution in [0.1, 0.15) is 43.0 Å². The fourth-order valence-corrected chi connectivity index (χ4v) is 5.12. The van der Waals surface area contributed by atoms with E-state index in [0.717, 1.165) is 30.1 Å². The summed E-state index contributed by atoms with van der Waals surface area (Å²) >= 11 is 0. The molecule has 0 spiro atoms. The van der Waals surface area contributed by atoms with Gasteiger partial charge in [0.15, 0.2) is 22.2 Å². The Morgan fingerprint density at radius 2 is 1.71 bits per heavy atom. The van der Waals surface area contributed by atoms with Crippen LogP contribution in [-0.4, -0.2) is 42.6 Å². The lowest BCUT2D eigenvalue weighted by Gasteiger charge is -2.19. The molecule has 11 heteroatoms. The molecule has 2 aromatic carbocycles. The first-order valence-electron chi connectivity index (χ1n) is 9.92. The van der Waals surface area contributed by atoms with Gasteiger partial charge in [0.05, 0.1) is 16.7 Å². The van der Waals surface area contributed by atoms with Crippen molar-refractivity contribution in [1.82, 2.24) is 9.78 Å². The minimum atomic E-state index is -5.01. The summed E-state index contributed by atoms with van der Waals surface area (Å²) in [4.78, 5) is 25.1. The van der Waals surface area contributed by atoms with Crippen molar-refractivity contribution in [2.45, 2.75) is 24.9 Å². The van der Waals surface area contributed by atoms with E-state index in [1.165, 1.54) is 14.0 Å². The third kappa shape index (κ3) is 4.89. The number of sulfone groups is 1. The van der Waals surface area contributed by atoms with Crippen LogP contribution in [0.3, 0.4) is 0 Å². The summed E-state index contributed by atoms with van der Waals surface area (Å²) in [6.07, 6.45) is -3.16. The minimum absolute atomic E-state index is 0.00182. The SMILES string of the molecule is Cc1cc(C(=O)c2cnn(C)c2OCC(=O)c2ccccc2)c(C(F)(F)F)c(C)c1S(C)(=O)=O. The molecule has 3 aromatic rings. The number of aryl methyl sites for hydroxylation is 2. The number of nitrogens with zero attached hydrogens (tertiary/aromatic N) is 2. The molecule has 1 heterocycles. The van der Waals surface area contributed by atoms with E-state index in [1.54, 1.807) is 30.3 Å². The number of hydrogen-bond donors (Lipinski definition) is 0. The molecule has 0 saturated carbocycles. The first-order chi connectivity index (χ1) is 15.7. The summed E-state index contributed by atoms with van der Waals surface area (Å²) in [5.74, 6) is -1.65. The van der Waals surface area contributed by atoms with Crippen molar-refractivity contribution in [2.24, 2.45) is 7.05 Å². The van der Waals surface area contributed by atoms with Crippen LogP contribution in [0.4, 0.5) is 13.2 Å². The van der Waals surface area contributed by atoms with Gasteiger partial charge in [-0.15, -0.1) is 0 Å². The Labute approximate surface area is 194 Å². The van der Waals surface area contributed by atoms with Crippen molar-refractivity contribution < 1.29 is 35.9 Å². The molecule has 0 radical (unpaired) electrons. The molecule has 0 aliphatic heterocycles. The standard InChI is InChI=1S/C23H21F3N2O5S/c1-13-10-16(19(23(24,25)26)14(2)21(13)34(4,31)32)20(30)17-11-27-28(3)22(17)33-12-18(29)15-8-6-5-7-9-15/h5-11H,12H2,1-4H3. The second-order valence-corrected chi connectivity index (χ2v) is 9.69. The molecular formula is C23H21F3N2O5S. The average molecular weight is 494 g/mol. The number of Topliss-reactive ketones (excluding diaryl/α,β-unsaturated/α-hetero) is 1. The highest BCUT2D eigenvalue weighted by Crippen LogP contribution is 2.40. The van der Waals surface area contributed by atoms with Crippen molar-refractivity contribution >= 4 is 21.4 Å². The molecular weight excluding hydrogens is 473 g/mol. The maximum atomic E-state index is 14.0. The Kier molecular flexibility index (Phi) is 6.70. The Hall–Kier alpha value is -3.47. The zero-order valence-electron chi connectivity index (χ0n) is 18.7. The minimum Gasteiger partial charge on any atom is -0.469 e. The molecule has 0 amide bonds. The quantitative estimate of drug-likeness (QED) is 0.462. The molecule has 0 fully saturated rings. The second kappa shape index (κ2) is 9.05. The van der Waals surface area contributed by atoms with Gasteiger partial charge in [0.2, 0.25) is 11.7 Å². The summed E-state index contributed by atoms with van der Waals surface area (Å²) in [6.45, 7) is 1.86. The summed E-state index contributed by atoms with van der Waals surface area (Å²) in [6, 6.07) is 9.11. The molecule has 0 bridgehead atoms. The predicted molar refractivity (Wildman–Crippen MR) is 117 cm³/mol. The molecule has 0 N–H and O–H groups in total. The fraction of sp³-hybridized carbons (Fsp3) is 0.261. The lowest BCUT2D eigenvalue weighted by Crippen LogP contribution is -2.20. The van der Waals surface area contributed by atoms with Crippen molar-refractivity contribution in [3.8, 4) is 5.88 Å². The zero-order valence-corrected chi connectivity index (χ0v) is 19.5. The number of rotatable bonds is 7. The number of carbonyl (C=O) groups is 2. The molecule has 180 valence electrons. The highest BCUT2D eigenvalue weighted by molar-refractivity contribution is 7.90. The first kappa shape index (κ1) is 25.2. The molecule has 3 rings (SSSR count). The molecule has 0 aliphatic carbocycles. The molecule has 0 saturated heterocycles. The average Bonchev–Trinajstić information content (AvgIpc) is 3.09. The smallest absolute Gasteiger partial charge is 0.417 e. The topological polar surface area (TPSA) is 95.3 Å². The highest BCUT2D eigenvalue weighted by atomic mass is 32.2. The van der Waals surface area contributed by atoms with Crippen molar-refractivity contribution in [1.29, 1.82) is 0 Å². The number of alkyl halides is 3. The number of benzene rings is 2. The number of ketones is 2. The highest BCUT2D eigenvalue weighted by Gasteiger charge is 2.40. The van der Waals surface area contributed by atoms with Crippen LogP contribution in [-0.2, 0) is 23.1 Å². The van der Waals surface area contributed by atoms with Crippen molar-refractivity contribution in [3.05, 3.63) is 76.0 Å². The molecule has 1 aromatic heterocycles. The Bertz CT molecular complexity index is 1380. The maximum absolute atomic E-state index is 14.0. The molecule has 0 unspecified atom stereocenters. The second-order valence-electron chi connectivity index (χ2n) is 7.73. The van der Waals surface area contributed by atoms with Crippen LogP contribution >= 0.6 is 0 Å². The fourth-order valence-electron chi connectivity index (χ4n) is 3.82. The maximum Gasteiger partial charge on any atom is 0.417 e. The molecule has 0 atom stereocenters. The number of hydrogen-bond acceptors (Lipinski definition) is 6. The summed E-state index contributed by atoms with van der Waals surface area (Å²) in [5.41, 5.74) is -2.58. The van der Waals surface area contributed by atoms with Gasteiger partial charge in [-0.05, 0) is 31.0 Å². The first-order valence-corrected chi connectivity index (χ1v) is 11.8. The van der Waals surface area contributed by atoms with Gasteiger partial charge in [-0.25, -0.2) is 13.1 Å². The van der Waals surface area contributed by atoms with Gasteiger partial charge in [-0.2, -0.15) is 18.3 Å². The lowest BCUT2D eigenvalue weighted by atomic mass is 9.93. The van der Waals surface area contributed by atoms with E-state index >= 15 is 0 Å². The summed E-state index contributed by atoms with van der Waals surface area (Å²) in [5, 5.41) is 3.89. The molecule has 34 heavy (non-hydrogen) atoms. The lowest BCUT2D eigenvalue weighted by molar-refractivity contribution is -0.138. The third-order valence-electron chi connectivity index (χ3n) is 5.17. The Morgan fingerprint density at radius 3 is 2.26 bits per heavy atom. The van der Waals surface area contributed by atoms with E-state index in [9.17, 15) is 31.2 Å². The summed E-state index contributed by atoms with van der Waals surface area (Å²) < 4.78 is 72.8. The Balaban J connectivity index is 2.07. The normalized spacial score (nSPS) is 12.0. The molecule has 0 aliphatic rings. The van der Waals surface area contributed by atoms with Gasteiger partial charge in [0, 0.05) is 24.4 Å². The van der Waals surface area contributed by atoms with E-state index in [0.29, 0.717) is 5.56 Å². The largest absolute Gasteiger partial charge is 0.469 e. The van der Waals surface area contributed by atoms with E-state index in [1.807, 2.05) is 0 Å². The van der Waals surface area contributed by atoms with Crippen LogP contribution in [0.2, 0.25) is 0 Å². The van der Waals surface area contributed by atoms with Crippen molar-refractivity contribution in [3.63, 3.8) is 0 Å². The zero-order chi connectivity index (χ0) is 25.4. The van der Waals surface area contributed by atoms with Crippen LogP contribution < -0.4 is 4.74 Å². The Morgan fingerprint density at radius 1 is 1.09 bits per heavy atom. The van der Waals surface area contributed by atoms with Gasteiger partial charge in [-0.1, -0.05) is 30.3 Å². The van der Waals surface area contributed by atoms with Gasteiger partial charge < -0.3 is 4.74 Å². The number of aromatic nitrogens is 2. The van der Waals surface area contributed by atoms with E-state index in [-0.39, 0.29) is 17.0 Å². The molecule has 7 nitrogen and oxygen atoms in total. The van der Waals surface area contributed by atoms with Crippen LogP contribution in [0.25, 0.3) is 0 Å². The monoisotopic (exact) mass is 494 g/mol. The van der Waals surface area contributed by atoms with Gasteiger partial charge in [-0.3, -0.25) is 9.59 Å². The van der Waals surface area contributed by atoms with Gasteiger partial charge in [0.25, 0.3) is 0 Å². The van der Waals surface area contributed by atoms with Gasteiger partial charge >= 0.3 is 6.18 Å². The van der Waals surface area contributed by atoms with Crippen LogP contribution in [0.5, 0.6) is 5.88 Å². The van der Waals surface area contributed by atoms with Crippen molar-refractivity contribution in [2.75, 3.05) is 12.9 Å². The van der Waals surface area contributed by atoms with E-state index < -0.39 is 55.8 Å². The van der Waals surface area contributed by atoms with Crippen LogP contribution in [0, 0.1) is 13.8 Å². The summed E-state index contributed by atoms with van der Waals surface area (Å²) in [7, 11) is -2.58. The van der Waals surface area contributed by atoms with Gasteiger partial charge in [0.1, 0.15) is 5.56 Å². The number of halogens is 3. The van der Waals surface area contributed by atoms with E-state index in [2.05, 4.69) is 5.10 Å². The van der Waals surface area contributed by atoms with E-state index in [4.69, 9.17) is 4.74 Å². The third-order valence-corrected chi connectivity index (χ3v) is 6.54. The number of carbonyl (C=O) groups excluding carboxylic acids is 2.